The largest absolute Gasteiger partial charge is 0.334 e. The maximum atomic E-state index is 12.4. The van der Waals surface area contributed by atoms with Crippen LogP contribution in [-0.2, 0) is 4.79 Å². The summed E-state index contributed by atoms with van der Waals surface area (Å²) in [5.74, 6) is 0.0122. The van der Waals surface area contributed by atoms with Crippen LogP contribution in [0.25, 0.3) is 0 Å². The van der Waals surface area contributed by atoms with Crippen LogP contribution < -0.4 is 0 Å². The smallest absolute Gasteiger partial charge is 0.274 e. The molecule has 0 saturated carbocycles. The van der Waals surface area contributed by atoms with E-state index in [0.29, 0.717) is 18.7 Å². The molecule has 19 heavy (non-hydrogen) atoms. The van der Waals surface area contributed by atoms with Crippen molar-refractivity contribution in [2.75, 3.05) is 6.54 Å². The monoisotopic (exact) mass is 261 g/mol. The highest BCUT2D eigenvalue weighted by Gasteiger charge is 2.28. The van der Waals surface area contributed by atoms with Crippen molar-refractivity contribution in [2.24, 2.45) is 0 Å². The van der Waals surface area contributed by atoms with E-state index in [2.05, 4.69) is 9.97 Å². The lowest BCUT2D eigenvalue weighted by Crippen LogP contribution is -2.44. The molecule has 5 heteroatoms. The zero-order valence-electron chi connectivity index (χ0n) is 11.4. The summed E-state index contributed by atoms with van der Waals surface area (Å²) in [6, 6.07) is 0.0156. The van der Waals surface area contributed by atoms with Crippen LogP contribution in [0.3, 0.4) is 0 Å². The van der Waals surface area contributed by atoms with Gasteiger partial charge < -0.3 is 4.90 Å². The number of nitrogens with zero attached hydrogens (tertiary/aromatic N) is 3. The molecule has 0 aliphatic carbocycles. The van der Waals surface area contributed by atoms with Gasteiger partial charge in [0, 0.05) is 25.2 Å². The molecule has 0 aromatic carbocycles. The normalized spacial score (nSPS) is 19.3. The van der Waals surface area contributed by atoms with E-state index in [4.69, 9.17) is 0 Å². The van der Waals surface area contributed by atoms with Gasteiger partial charge in [0.1, 0.15) is 11.5 Å². The average Bonchev–Trinajstić information content (AvgIpc) is 2.39. The SMILES string of the molecule is CC(=O)CC1CCCCN1C(=O)c1cnc(C)cn1. The van der Waals surface area contributed by atoms with Crippen LogP contribution in [0.4, 0.5) is 0 Å². The first kappa shape index (κ1) is 13.6. The molecule has 5 nitrogen and oxygen atoms in total. The van der Waals surface area contributed by atoms with Crippen LogP contribution in [0, 0.1) is 6.92 Å². The van der Waals surface area contributed by atoms with Crippen LogP contribution >= 0.6 is 0 Å². The Bertz CT molecular complexity index is 470. The molecule has 1 aromatic heterocycles. The molecular formula is C14H19N3O2. The highest BCUT2D eigenvalue weighted by molar-refractivity contribution is 5.92. The number of amides is 1. The van der Waals surface area contributed by atoms with Gasteiger partial charge in [-0.15, -0.1) is 0 Å². The fraction of sp³-hybridized carbons (Fsp3) is 0.571. The Hall–Kier alpha value is -1.78. The van der Waals surface area contributed by atoms with Gasteiger partial charge in [0.25, 0.3) is 5.91 Å². The van der Waals surface area contributed by atoms with Crippen LogP contribution in [0.5, 0.6) is 0 Å². The first-order chi connectivity index (χ1) is 9.08. The van der Waals surface area contributed by atoms with E-state index >= 15 is 0 Å². The summed E-state index contributed by atoms with van der Waals surface area (Å²) in [7, 11) is 0. The lowest BCUT2D eigenvalue weighted by molar-refractivity contribution is -0.118. The molecule has 0 bridgehead atoms. The standard InChI is InChI=1S/C14H19N3O2/c1-10-8-16-13(9-15-10)14(19)17-6-4-3-5-12(17)7-11(2)18/h8-9,12H,3-7H2,1-2H3. The van der Waals surface area contributed by atoms with Gasteiger partial charge in [-0.1, -0.05) is 0 Å². The van der Waals surface area contributed by atoms with E-state index in [-0.39, 0.29) is 17.7 Å². The summed E-state index contributed by atoms with van der Waals surface area (Å²) in [5.41, 5.74) is 1.15. The fourth-order valence-electron chi connectivity index (χ4n) is 2.46. The van der Waals surface area contributed by atoms with Gasteiger partial charge in [-0.2, -0.15) is 0 Å². The summed E-state index contributed by atoms with van der Waals surface area (Å²) in [6.45, 7) is 4.11. The molecule has 1 fully saturated rings. The summed E-state index contributed by atoms with van der Waals surface area (Å²) in [6.07, 6.45) is 6.49. The summed E-state index contributed by atoms with van der Waals surface area (Å²) in [4.78, 5) is 33.7. The van der Waals surface area contributed by atoms with E-state index in [9.17, 15) is 9.59 Å². The topological polar surface area (TPSA) is 63.2 Å². The molecule has 0 radical (unpaired) electrons. The van der Waals surface area contributed by atoms with E-state index < -0.39 is 0 Å². The zero-order valence-corrected chi connectivity index (χ0v) is 11.4. The van der Waals surface area contributed by atoms with Crippen LogP contribution in [-0.4, -0.2) is 39.1 Å². The molecule has 1 aromatic rings. The van der Waals surface area contributed by atoms with Crippen molar-refractivity contribution in [3.05, 3.63) is 23.8 Å². The van der Waals surface area contributed by atoms with Crippen molar-refractivity contribution >= 4 is 11.7 Å². The first-order valence-corrected chi connectivity index (χ1v) is 6.67. The van der Waals surface area contributed by atoms with Gasteiger partial charge in [-0.25, -0.2) is 4.98 Å². The van der Waals surface area contributed by atoms with E-state index in [1.807, 2.05) is 6.92 Å². The Morgan fingerprint density at radius 3 is 2.74 bits per heavy atom. The van der Waals surface area contributed by atoms with Crippen LogP contribution in [0.2, 0.25) is 0 Å². The third kappa shape index (κ3) is 3.36. The third-order valence-corrected chi connectivity index (χ3v) is 3.41. The van der Waals surface area contributed by atoms with Gasteiger partial charge in [0.15, 0.2) is 0 Å². The van der Waals surface area contributed by atoms with Crippen molar-refractivity contribution in [3.63, 3.8) is 0 Å². The molecule has 2 rings (SSSR count). The maximum absolute atomic E-state index is 12.4. The maximum Gasteiger partial charge on any atom is 0.274 e. The van der Waals surface area contributed by atoms with Crippen molar-refractivity contribution in [2.45, 2.75) is 45.6 Å². The Kier molecular flexibility index (Phi) is 4.24. The lowest BCUT2D eigenvalue weighted by atomic mass is 9.97. The lowest BCUT2D eigenvalue weighted by Gasteiger charge is -2.35. The van der Waals surface area contributed by atoms with Crippen molar-refractivity contribution in [1.82, 2.24) is 14.9 Å². The second-order valence-corrected chi connectivity index (χ2v) is 5.10. The number of rotatable bonds is 3. The van der Waals surface area contributed by atoms with Crippen molar-refractivity contribution in [1.29, 1.82) is 0 Å². The third-order valence-electron chi connectivity index (χ3n) is 3.41. The number of carbonyl (C=O) groups is 2. The number of hydrogen-bond donors (Lipinski definition) is 0. The molecule has 1 aliphatic rings. The molecule has 1 amide bonds. The Balaban J connectivity index is 2.15. The summed E-state index contributed by atoms with van der Waals surface area (Å²) < 4.78 is 0. The second kappa shape index (κ2) is 5.91. The number of carbonyl (C=O) groups excluding carboxylic acids is 2. The van der Waals surface area contributed by atoms with Gasteiger partial charge in [0.05, 0.1) is 11.9 Å². The molecular weight excluding hydrogens is 242 g/mol. The molecule has 1 unspecified atom stereocenters. The van der Waals surface area contributed by atoms with Crippen LogP contribution in [0.15, 0.2) is 12.4 Å². The molecule has 0 N–H and O–H groups in total. The van der Waals surface area contributed by atoms with E-state index in [1.165, 1.54) is 6.20 Å². The average molecular weight is 261 g/mol. The van der Waals surface area contributed by atoms with Crippen LogP contribution in [0.1, 0.15) is 48.8 Å². The predicted octanol–water partition coefficient (Wildman–Crippen LogP) is 1.76. The number of piperidine rings is 1. The molecule has 1 saturated heterocycles. The predicted molar refractivity (Wildman–Crippen MR) is 70.7 cm³/mol. The Morgan fingerprint density at radius 1 is 1.32 bits per heavy atom. The van der Waals surface area contributed by atoms with E-state index in [1.54, 1.807) is 18.0 Å². The number of aromatic nitrogens is 2. The number of hydrogen-bond acceptors (Lipinski definition) is 4. The fourth-order valence-corrected chi connectivity index (χ4v) is 2.46. The summed E-state index contributed by atoms with van der Waals surface area (Å²) in [5, 5.41) is 0. The molecule has 102 valence electrons. The molecule has 2 heterocycles. The molecule has 0 spiro atoms. The number of likely N-dealkylation sites (tertiary alicyclic amines) is 1. The summed E-state index contributed by atoms with van der Waals surface area (Å²) >= 11 is 0. The van der Waals surface area contributed by atoms with Crippen molar-refractivity contribution in [3.8, 4) is 0 Å². The first-order valence-electron chi connectivity index (χ1n) is 6.67. The van der Waals surface area contributed by atoms with Gasteiger partial charge in [-0.3, -0.25) is 14.6 Å². The molecule has 1 aliphatic heterocycles. The highest BCUT2D eigenvalue weighted by Crippen LogP contribution is 2.21. The van der Waals surface area contributed by atoms with Gasteiger partial charge in [0.2, 0.25) is 0 Å². The van der Waals surface area contributed by atoms with E-state index in [0.717, 1.165) is 25.0 Å². The number of aryl methyl sites for hydroxylation is 1. The Morgan fingerprint density at radius 2 is 2.11 bits per heavy atom. The number of ketones is 1. The zero-order chi connectivity index (χ0) is 13.8. The Labute approximate surface area is 113 Å². The minimum atomic E-state index is -0.113. The highest BCUT2D eigenvalue weighted by atomic mass is 16.2. The quantitative estimate of drug-likeness (QED) is 0.831. The number of Topliss-reactive ketones (excluding diaryl/α,β-unsaturated/α-hetero) is 1. The minimum absolute atomic E-state index is 0.0156. The second-order valence-electron chi connectivity index (χ2n) is 5.10. The van der Waals surface area contributed by atoms with Gasteiger partial charge >= 0.3 is 0 Å². The molecule has 1 atom stereocenters. The minimum Gasteiger partial charge on any atom is -0.334 e. The van der Waals surface area contributed by atoms with Gasteiger partial charge in [-0.05, 0) is 33.1 Å². The van der Waals surface area contributed by atoms with Crippen molar-refractivity contribution < 1.29 is 9.59 Å².